The molecule has 3 aromatic rings. The van der Waals surface area contributed by atoms with Crippen LogP contribution in [0.3, 0.4) is 0 Å². The van der Waals surface area contributed by atoms with Gasteiger partial charge in [-0.15, -0.1) is 10.2 Å². The molecule has 110 valence electrons. The molecule has 0 bridgehead atoms. The number of fused-ring (bicyclic) bond motifs is 1. The van der Waals surface area contributed by atoms with Crippen LogP contribution in [0.2, 0.25) is 0 Å². The largest absolute Gasteiger partial charge is 0.307 e. The molecule has 0 aliphatic carbocycles. The predicted octanol–water partition coefficient (Wildman–Crippen LogP) is 3.36. The van der Waals surface area contributed by atoms with Gasteiger partial charge in [-0.3, -0.25) is 0 Å². The number of thioether (sulfide) groups is 1. The average molecular weight is 301 g/mol. The first-order valence-electron chi connectivity index (χ1n) is 7.17. The van der Waals surface area contributed by atoms with E-state index in [0.717, 1.165) is 34.6 Å². The molecule has 0 radical (unpaired) electrons. The predicted molar refractivity (Wildman–Crippen MR) is 84.5 cm³/mol. The molecular weight excluding hydrogens is 282 g/mol. The van der Waals surface area contributed by atoms with Crippen LogP contribution in [-0.4, -0.2) is 24.1 Å². The first-order chi connectivity index (χ1) is 10.2. The van der Waals surface area contributed by atoms with Gasteiger partial charge in [-0.05, 0) is 19.1 Å². The highest BCUT2D eigenvalue weighted by atomic mass is 32.2. The van der Waals surface area contributed by atoms with Crippen molar-refractivity contribution in [1.29, 1.82) is 0 Å². The van der Waals surface area contributed by atoms with Crippen molar-refractivity contribution in [2.75, 3.05) is 0 Å². The van der Waals surface area contributed by atoms with Gasteiger partial charge in [0, 0.05) is 30.6 Å². The molecule has 0 aliphatic rings. The van der Waals surface area contributed by atoms with E-state index in [2.05, 4.69) is 46.7 Å². The second-order valence-electron chi connectivity index (χ2n) is 5.23. The van der Waals surface area contributed by atoms with Gasteiger partial charge in [0.15, 0.2) is 5.16 Å². The van der Waals surface area contributed by atoms with E-state index in [4.69, 9.17) is 0 Å². The lowest BCUT2D eigenvalue weighted by Crippen LogP contribution is -2.04. The zero-order valence-electron chi connectivity index (χ0n) is 12.5. The summed E-state index contributed by atoms with van der Waals surface area (Å²) in [5.74, 6) is 2.25. The molecule has 0 unspecified atom stereocenters. The number of hydrogen-bond acceptors (Lipinski definition) is 4. The molecule has 0 amide bonds. The van der Waals surface area contributed by atoms with E-state index in [9.17, 15) is 0 Å². The van der Waals surface area contributed by atoms with Crippen molar-refractivity contribution in [3.8, 4) is 0 Å². The molecular formula is C15H19N5S. The molecule has 21 heavy (non-hydrogen) atoms. The van der Waals surface area contributed by atoms with E-state index in [0.29, 0.717) is 5.92 Å². The highest BCUT2D eigenvalue weighted by molar-refractivity contribution is 7.98. The van der Waals surface area contributed by atoms with Crippen LogP contribution in [0.4, 0.5) is 0 Å². The lowest BCUT2D eigenvalue weighted by Gasteiger charge is -2.08. The lowest BCUT2D eigenvalue weighted by atomic mass is 10.2. The molecule has 0 spiro atoms. The molecule has 5 nitrogen and oxygen atoms in total. The maximum atomic E-state index is 4.61. The van der Waals surface area contributed by atoms with Gasteiger partial charge < -0.3 is 8.97 Å². The van der Waals surface area contributed by atoms with Gasteiger partial charge in [-0.1, -0.05) is 31.7 Å². The molecule has 3 aromatic heterocycles. The summed E-state index contributed by atoms with van der Waals surface area (Å²) in [6, 6.07) is 6.02. The summed E-state index contributed by atoms with van der Waals surface area (Å²) in [6.45, 7) is 7.32. The third-order valence-electron chi connectivity index (χ3n) is 3.34. The second-order valence-corrected chi connectivity index (χ2v) is 6.17. The third-order valence-corrected chi connectivity index (χ3v) is 4.34. The van der Waals surface area contributed by atoms with Gasteiger partial charge in [0.05, 0.1) is 5.69 Å². The molecule has 0 atom stereocenters. The van der Waals surface area contributed by atoms with Crippen LogP contribution in [-0.2, 0) is 12.3 Å². The Kier molecular flexibility index (Phi) is 3.96. The molecule has 6 heteroatoms. The van der Waals surface area contributed by atoms with E-state index >= 15 is 0 Å². The van der Waals surface area contributed by atoms with E-state index in [-0.39, 0.29) is 0 Å². The van der Waals surface area contributed by atoms with Gasteiger partial charge >= 0.3 is 0 Å². The van der Waals surface area contributed by atoms with Gasteiger partial charge in [0.2, 0.25) is 0 Å². The zero-order chi connectivity index (χ0) is 14.8. The van der Waals surface area contributed by atoms with Crippen LogP contribution in [0.1, 0.15) is 38.2 Å². The van der Waals surface area contributed by atoms with E-state index < -0.39 is 0 Å². The Labute approximate surface area is 128 Å². The Bertz CT molecular complexity index is 710. The summed E-state index contributed by atoms with van der Waals surface area (Å²) in [7, 11) is 0. The summed E-state index contributed by atoms with van der Waals surface area (Å²) in [6.07, 6.45) is 4.08. The molecule has 0 aromatic carbocycles. The van der Waals surface area contributed by atoms with Crippen LogP contribution in [0.25, 0.3) is 5.65 Å². The highest BCUT2D eigenvalue weighted by Crippen LogP contribution is 2.24. The molecule has 0 saturated carbocycles. The van der Waals surface area contributed by atoms with E-state index in [1.807, 2.05) is 28.8 Å². The van der Waals surface area contributed by atoms with Gasteiger partial charge in [-0.25, -0.2) is 4.98 Å². The maximum Gasteiger partial charge on any atom is 0.191 e. The van der Waals surface area contributed by atoms with Crippen LogP contribution in [0.5, 0.6) is 0 Å². The summed E-state index contributed by atoms with van der Waals surface area (Å²) in [4.78, 5) is 4.61. The number of rotatable bonds is 5. The Balaban J connectivity index is 1.78. The van der Waals surface area contributed by atoms with Crippen molar-refractivity contribution in [1.82, 2.24) is 24.1 Å². The topological polar surface area (TPSA) is 48.0 Å². The van der Waals surface area contributed by atoms with Gasteiger partial charge in [0.25, 0.3) is 0 Å². The summed E-state index contributed by atoms with van der Waals surface area (Å²) >= 11 is 1.69. The minimum Gasteiger partial charge on any atom is -0.307 e. The zero-order valence-corrected chi connectivity index (χ0v) is 13.3. The molecule has 3 heterocycles. The fourth-order valence-corrected chi connectivity index (χ4v) is 3.22. The van der Waals surface area contributed by atoms with Crippen molar-refractivity contribution in [2.24, 2.45) is 0 Å². The molecule has 0 saturated heterocycles. The van der Waals surface area contributed by atoms with Crippen LogP contribution >= 0.6 is 11.8 Å². The SMILES string of the molecule is CCn1c(SCc2cn3ccccc3n2)nnc1C(C)C. The van der Waals surface area contributed by atoms with Crippen molar-refractivity contribution in [2.45, 2.75) is 44.1 Å². The quantitative estimate of drug-likeness (QED) is 0.678. The molecule has 0 N–H and O–H groups in total. The minimum absolute atomic E-state index is 0.391. The molecule has 3 rings (SSSR count). The van der Waals surface area contributed by atoms with Crippen LogP contribution in [0, 0.1) is 0 Å². The standard InChI is InChI=1S/C15H19N5S/c1-4-20-14(11(2)3)17-18-15(20)21-10-12-9-19-8-6-5-7-13(19)16-12/h5-9,11H,4,10H2,1-3H3. The van der Waals surface area contributed by atoms with Gasteiger partial charge in [-0.2, -0.15) is 0 Å². The number of imidazole rings is 1. The van der Waals surface area contributed by atoms with E-state index in [1.165, 1.54) is 0 Å². The third kappa shape index (κ3) is 2.81. The number of aromatic nitrogens is 5. The van der Waals surface area contributed by atoms with Gasteiger partial charge in [0.1, 0.15) is 11.5 Å². The monoisotopic (exact) mass is 301 g/mol. The number of hydrogen-bond donors (Lipinski definition) is 0. The van der Waals surface area contributed by atoms with Crippen molar-refractivity contribution >= 4 is 17.4 Å². The fraction of sp³-hybridized carbons (Fsp3) is 0.400. The minimum atomic E-state index is 0.391. The molecule has 0 fully saturated rings. The first-order valence-corrected chi connectivity index (χ1v) is 8.16. The Morgan fingerprint density at radius 2 is 2.10 bits per heavy atom. The van der Waals surface area contributed by atoms with Crippen molar-refractivity contribution in [3.63, 3.8) is 0 Å². The highest BCUT2D eigenvalue weighted by Gasteiger charge is 2.14. The van der Waals surface area contributed by atoms with Crippen LogP contribution in [0.15, 0.2) is 35.7 Å². The van der Waals surface area contributed by atoms with Crippen molar-refractivity contribution in [3.05, 3.63) is 42.1 Å². The van der Waals surface area contributed by atoms with Crippen LogP contribution < -0.4 is 0 Å². The smallest absolute Gasteiger partial charge is 0.191 e. The maximum absolute atomic E-state index is 4.61. The number of nitrogens with zero attached hydrogens (tertiary/aromatic N) is 5. The Morgan fingerprint density at radius 3 is 2.81 bits per heavy atom. The van der Waals surface area contributed by atoms with Crippen molar-refractivity contribution < 1.29 is 0 Å². The average Bonchev–Trinajstić information content (AvgIpc) is 3.07. The first kappa shape index (κ1) is 14.1. The number of pyridine rings is 1. The fourth-order valence-electron chi connectivity index (χ4n) is 2.33. The molecule has 0 aliphatic heterocycles. The normalized spacial score (nSPS) is 11.6. The second kappa shape index (κ2) is 5.89. The van der Waals surface area contributed by atoms with E-state index in [1.54, 1.807) is 11.8 Å². The lowest BCUT2D eigenvalue weighted by molar-refractivity contribution is 0.613. The Hall–Kier alpha value is -1.82. The Morgan fingerprint density at radius 1 is 1.24 bits per heavy atom. The summed E-state index contributed by atoms with van der Waals surface area (Å²) < 4.78 is 4.23. The summed E-state index contributed by atoms with van der Waals surface area (Å²) in [5, 5.41) is 9.60. The summed E-state index contributed by atoms with van der Waals surface area (Å²) in [5.41, 5.74) is 2.04.